The molecule has 1 N–H and O–H groups in total. The molecule has 2 aliphatic heterocycles. The quantitative estimate of drug-likeness (QED) is 0.658. The minimum Gasteiger partial charge on any atom is -0.323 e. The molecule has 2 atom stereocenters. The molecule has 4 rings (SSSR count). The van der Waals surface area contributed by atoms with E-state index in [1.807, 2.05) is 48.2 Å². The van der Waals surface area contributed by atoms with Gasteiger partial charge in [-0.25, -0.2) is 4.79 Å². The van der Waals surface area contributed by atoms with Crippen molar-refractivity contribution in [1.82, 2.24) is 15.1 Å². The highest BCUT2D eigenvalue weighted by Crippen LogP contribution is 2.37. The summed E-state index contributed by atoms with van der Waals surface area (Å²) in [6.45, 7) is 9.35. The van der Waals surface area contributed by atoms with Crippen LogP contribution in [0.5, 0.6) is 0 Å². The second-order valence-corrected chi connectivity index (χ2v) is 8.35. The van der Waals surface area contributed by atoms with E-state index in [-0.39, 0.29) is 12.1 Å². The van der Waals surface area contributed by atoms with Crippen LogP contribution in [0, 0.1) is 0 Å². The van der Waals surface area contributed by atoms with Gasteiger partial charge in [0.1, 0.15) is 5.54 Å². The van der Waals surface area contributed by atoms with Crippen LogP contribution >= 0.6 is 0 Å². The lowest BCUT2D eigenvalue weighted by Gasteiger charge is -2.32. The van der Waals surface area contributed by atoms with Crippen LogP contribution in [0.15, 0.2) is 97.1 Å². The fourth-order valence-corrected chi connectivity index (χ4v) is 4.83. The van der Waals surface area contributed by atoms with Gasteiger partial charge in [0.15, 0.2) is 0 Å². The highest BCUT2D eigenvalue weighted by Gasteiger charge is 2.48. The molecule has 160 valence electrons. The van der Waals surface area contributed by atoms with Crippen LogP contribution in [0.4, 0.5) is 4.79 Å². The van der Waals surface area contributed by atoms with Crippen molar-refractivity contribution in [2.45, 2.75) is 31.5 Å². The molecule has 0 saturated carbocycles. The van der Waals surface area contributed by atoms with E-state index in [9.17, 15) is 4.79 Å². The van der Waals surface area contributed by atoms with Crippen LogP contribution in [0.25, 0.3) is 0 Å². The predicted octanol–water partition coefficient (Wildman–Crippen LogP) is 4.87. The highest BCUT2D eigenvalue weighted by atomic mass is 16.2. The first-order valence-electron chi connectivity index (χ1n) is 11.0. The van der Waals surface area contributed by atoms with Gasteiger partial charge in [0, 0.05) is 25.7 Å². The zero-order chi connectivity index (χ0) is 21.7. The van der Waals surface area contributed by atoms with Gasteiger partial charge < -0.3 is 10.2 Å². The zero-order valence-electron chi connectivity index (χ0n) is 18.2. The summed E-state index contributed by atoms with van der Waals surface area (Å²) in [5.74, 6) is 0. The maximum Gasteiger partial charge on any atom is 0.318 e. The number of nitrogens with one attached hydrogen (secondary N) is 1. The van der Waals surface area contributed by atoms with Crippen LogP contribution < -0.4 is 5.32 Å². The summed E-state index contributed by atoms with van der Waals surface area (Å²) in [6.07, 6.45) is 8.90. The number of amides is 2. The molecule has 2 aliphatic rings. The van der Waals surface area contributed by atoms with Crippen molar-refractivity contribution in [3.05, 3.63) is 108 Å². The van der Waals surface area contributed by atoms with Crippen LogP contribution in [0.3, 0.4) is 0 Å². The number of carbonyl (C=O) groups is 1. The first-order chi connectivity index (χ1) is 15.2. The normalized spacial score (nSPS) is 24.7. The summed E-state index contributed by atoms with van der Waals surface area (Å²) < 4.78 is 0. The molecule has 2 heterocycles. The van der Waals surface area contributed by atoms with Gasteiger partial charge in [-0.1, -0.05) is 91.5 Å². The van der Waals surface area contributed by atoms with Crippen molar-refractivity contribution in [2.75, 3.05) is 19.6 Å². The van der Waals surface area contributed by atoms with Crippen LogP contribution in [0.2, 0.25) is 0 Å². The molecule has 0 aromatic heterocycles. The molecule has 2 amide bonds. The first-order valence-corrected chi connectivity index (χ1v) is 11.0. The monoisotopic (exact) mass is 413 g/mol. The Hall–Kier alpha value is -3.11. The Morgan fingerprint density at radius 1 is 1.16 bits per heavy atom. The minimum absolute atomic E-state index is 0.00915. The lowest BCUT2D eigenvalue weighted by atomic mass is 9.82. The largest absolute Gasteiger partial charge is 0.323 e. The molecule has 4 heteroatoms. The van der Waals surface area contributed by atoms with Crippen LogP contribution in [-0.2, 0) is 12.1 Å². The number of hydrogen-bond acceptors (Lipinski definition) is 2. The van der Waals surface area contributed by atoms with E-state index in [1.165, 1.54) is 5.56 Å². The summed E-state index contributed by atoms with van der Waals surface area (Å²) >= 11 is 0. The molecule has 0 spiro atoms. The van der Waals surface area contributed by atoms with Gasteiger partial charge in [0.25, 0.3) is 0 Å². The molecular formula is C27H31N3O. The third-order valence-corrected chi connectivity index (χ3v) is 6.33. The summed E-state index contributed by atoms with van der Waals surface area (Å²) in [4.78, 5) is 17.7. The Morgan fingerprint density at radius 2 is 1.87 bits per heavy atom. The molecule has 2 aromatic rings. The van der Waals surface area contributed by atoms with Gasteiger partial charge in [-0.15, -0.1) is 0 Å². The molecule has 2 saturated heterocycles. The third kappa shape index (κ3) is 4.35. The van der Waals surface area contributed by atoms with E-state index < -0.39 is 5.54 Å². The van der Waals surface area contributed by atoms with Crippen LogP contribution in [0.1, 0.15) is 24.5 Å². The minimum atomic E-state index is -0.577. The summed E-state index contributed by atoms with van der Waals surface area (Å²) in [7, 11) is 0. The molecule has 2 unspecified atom stereocenters. The number of rotatable bonds is 7. The Kier molecular flexibility index (Phi) is 6.38. The number of allylic oxidation sites excluding steroid dienone is 3. The van der Waals surface area contributed by atoms with E-state index in [2.05, 4.69) is 59.3 Å². The average Bonchev–Trinajstić information content (AvgIpc) is 3.40. The van der Waals surface area contributed by atoms with Crippen molar-refractivity contribution in [2.24, 2.45) is 0 Å². The third-order valence-electron chi connectivity index (χ3n) is 6.33. The number of nitrogens with zero attached hydrogens (tertiary/aromatic N) is 2. The molecule has 0 aliphatic carbocycles. The summed E-state index contributed by atoms with van der Waals surface area (Å²) in [5.41, 5.74) is 2.88. The maximum atomic E-state index is 13.2. The Morgan fingerprint density at radius 3 is 2.55 bits per heavy atom. The van der Waals surface area contributed by atoms with Gasteiger partial charge in [0.05, 0.1) is 6.54 Å². The smallest absolute Gasteiger partial charge is 0.318 e. The number of carbonyl (C=O) groups excluding carboxylic acids is 1. The number of hydrogen-bond donors (Lipinski definition) is 1. The SMILES string of the molecule is C=C/C=C(\C=C/C)C1(c2ccccc2)CN(C2CCN(Cc3ccccc3)C2)C(=O)N1. The highest BCUT2D eigenvalue weighted by molar-refractivity contribution is 5.80. The van der Waals surface area contributed by atoms with E-state index in [4.69, 9.17) is 0 Å². The average molecular weight is 414 g/mol. The fraction of sp³-hybridized carbons (Fsp3) is 0.296. The lowest BCUT2D eigenvalue weighted by molar-refractivity contribution is 0.194. The van der Waals surface area contributed by atoms with E-state index in [0.717, 1.165) is 37.2 Å². The standard InChI is InChI=1S/C27H31N3O/c1-3-11-23(12-4-2)27(24-15-9-6-10-16-24)21-30(26(31)28-27)25-17-18-29(20-25)19-22-13-7-5-8-14-22/h3-16,25H,1,17-21H2,2H3,(H,28,31)/b12-4-,23-11+. The van der Waals surface area contributed by atoms with Gasteiger partial charge in [-0.05, 0) is 30.0 Å². The van der Waals surface area contributed by atoms with Crippen molar-refractivity contribution in [3.63, 3.8) is 0 Å². The summed E-state index contributed by atoms with van der Waals surface area (Å²) in [5, 5.41) is 3.35. The van der Waals surface area contributed by atoms with E-state index >= 15 is 0 Å². The molecule has 2 aromatic carbocycles. The zero-order valence-corrected chi connectivity index (χ0v) is 18.2. The second kappa shape index (κ2) is 9.36. The molecule has 4 nitrogen and oxygen atoms in total. The molecule has 31 heavy (non-hydrogen) atoms. The number of urea groups is 1. The van der Waals surface area contributed by atoms with Crippen LogP contribution in [-0.4, -0.2) is 41.5 Å². The van der Waals surface area contributed by atoms with Gasteiger partial charge >= 0.3 is 6.03 Å². The predicted molar refractivity (Wildman–Crippen MR) is 127 cm³/mol. The number of likely N-dealkylation sites (tertiary alicyclic amines) is 1. The van der Waals surface area contributed by atoms with E-state index in [1.54, 1.807) is 6.08 Å². The number of benzene rings is 2. The lowest BCUT2D eigenvalue weighted by Crippen LogP contribution is -2.42. The van der Waals surface area contributed by atoms with Gasteiger partial charge in [-0.3, -0.25) is 4.90 Å². The Balaban J connectivity index is 1.58. The Labute approximate surface area is 185 Å². The van der Waals surface area contributed by atoms with Crippen molar-refractivity contribution in [1.29, 1.82) is 0 Å². The first kappa shape index (κ1) is 21.1. The Bertz CT molecular complexity index is 966. The van der Waals surface area contributed by atoms with Gasteiger partial charge in [0.2, 0.25) is 0 Å². The topological polar surface area (TPSA) is 35.6 Å². The van der Waals surface area contributed by atoms with Crippen molar-refractivity contribution in [3.8, 4) is 0 Å². The summed E-state index contributed by atoms with van der Waals surface area (Å²) in [6, 6.07) is 21.0. The van der Waals surface area contributed by atoms with E-state index in [0.29, 0.717) is 6.54 Å². The molecule has 0 radical (unpaired) electrons. The van der Waals surface area contributed by atoms with Crippen molar-refractivity contribution >= 4 is 6.03 Å². The maximum absolute atomic E-state index is 13.2. The van der Waals surface area contributed by atoms with Gasteiger partial charge in [-0.2, -0.15) is 0 Å². The molecule has 0 bridgehead atoms. The molecule has 2 fully saturated rings. The van der Waals surface area contributed by atoms with Crippen molar-refractivity contribution < 1.29 is 4.79 Å². The second-order valence-electron chi connectivity index (χ2n) is 8.35. The molecular weight excluding hydrogens is 382 g/mol. The fourth-order valence-electron chi connectivity index (χ4n) is 4.83.